The Morgan fingerprint density at radius 1 is 1.26 bits per heavy atom. The topological polar surface area (TPSA) is 73.9 Å². The van der Waals surface area contributed by atoms with Crippen molar-refractivity contribution in [2.75, 3.05) is 25.6 Å². The SMILES string of the molecule is COc1ccc(C)cc1NC(=O)COC(=O)[C@@H]1COc2ccc(Cl)cc2C1. The molecule has 1 atom stereocenters. The van der Waals surface area contributed by atoms with Gasteiger partial charge in [-0.3, -0.25) is 9.59 Å². The first kappa shape index (κ1) is 19.0. The number of carbonyl (C=O) groups excluding carboxylic acids is 2. The Morgan fingerprint density at radius 3 is 2.85 bits per heavy atom. The zero-order chi connectivity index (χ0) is 19.4. The van der Waals surface area contributed by atoms with Crippen LogP contribution in [0.15, 0.2) is 36.4 Å². The van der Waals surface area contributed by atoms with Crippen LogP contribution >= 0.6 is 11.6 Å². The maximum Gasteiger partial charge on any atom is 0.313 e. The van der Waals surface area contributed by atoms with Crippen LogP contribution in [-0.4, -0.2) is 32.2 Å². The van der Waals surface area contributed by atoms with Gasteiger partial charge in [-0.15, -0.1) is 0 Å². The monoisotopic (exact) mass is 389 g/mol. The zero-order valence-electron chi connectivity index (χ0n) is 15.1. The van der Waals surface area contributed by atoms with Crippen molar-refractivity contribution >= 4 is 29.2 Å². The summed E-state index contributed by atoms with van der Waals surface area (Å²) in [7, 11) is 1.52. The molecule has 2 aromatic rings. The number of benzene rings is 2. The van der Waals surface area contributed by atoms with Gasteiger partial charge in [0.1, 0.15) is 18.1 Å². The second-order valence-corrected chi connectivity index (χ2v) is 6.76. The summed E-state index contributed by atoms with van der Waals surface area (Å²) >= 11 is 5.98. The third-order valence-corrected chi connectivity index (χ3v) is 4.47. The van der Waals surface area contributed by atoms with Gasteiger partial charge < -0.3 is 19.5 Å². The number of amides is 1. The van der Waals surface area contributed by atoms with E-state index in [1.54, 1.807) is 30.3 Å². The van der Waals surface area contributed by atoms with Crippen LogP contribution in [0.2, 0.25) is 5.02 Å². The molecule has 1 amide bonds. The molecule has 0 saturated heterocycles. The smallest absolute Gasteiger partial charge is 0.313 e. The Morgan fingerprint density at radius 2 is 2.07 bits per heavy atom. The Labute approximate surface area is 162 Å². The predicted octanol–water partition coefficient (Wildman–Crippen LogP) is 3.39. The van der Waals surface area contributed by atoms with Crippen LogP contribution in [0.25, 0.3) is 0 Å². The van der Waals surface area contributed by atoms with Gasteiger partial charge in [-0.2, -0.15) is 0 Å². The molecule has 7 heteroatoms. The summed E-state index contributed by atoms with van der Waals surface area (Å²) in [5.41, 5.74) is 2.35. The first-order valence-electron chi connectivity index (χ1n) is 8.48. The zero-order valence-corrected chi connectivity index (χ0v) is 15.8. The molecule has 142 valence electrons. The molecule has 1 heterocycles. The quantitative estimate of drug-likeness (QED) is 0.793. The van der Waals surface area contributed by atoms with Gasteiger partial charge in [0.05, 0.1) is 18.7 Å². The summed E-state index contributed by atoms with van der Waals surface area (Å²) in [4.78, 5) is 24.4. The summed E-state index contributed by atoms with van der Waals surface area (Å²) in [6, 6.07) is 10.7. The Balaban J connectivity index is 1.55. The molecular formula is C20H20ClNO5. The molecule has 0 bridgehead atoms. The van der Waals surface area contributed by atoms with E-state index in [9.17, 15) is 9.59 Å². The number of rotatable bonds is 5. The summed E-state index contributed by atoms with van der Waals surface area (Å²) in [6.07, 6.45) is 0.460. The van der Waals surface area contributed by atoms with Gasteiger partial charge in [0, 0.05) is 5.02 Å². The number of methoxy groups -OCH3 is 1. The van der Waals surface area contributed by atoms with Crippen molar-refractivity contribution in [2.24, 2.45) is 5.92 Å². The van der Waals surface area contributed by atoms with Crippen LogP contribution in [0.1, 0.15) is 11.1 Å². The molecular weight excluding hydrogens is 370 g/mol. The van der Waals surface area contributed by atoms with E-state index in [-0.39, 0.29) is 13.2 Å². The summed E-state index contributed by atoms with van der Waals surface area (Å²) < 4.78 is 16.0. The molecule has 0 aromatic heterocycles. The molecule has 0 fully saturated rings. The molecule has 1 aliphatic rings. The second-order valence-electron chi connectivity index (χ2n) is 6.32. The fourth-order valence-corrected chi connectivity index (χ4v) is 3.07. The van der Waals surface area contributed by atoms with E-state index in [1.165, 1.54) is 7.11 Å². The Hall–Kier alpha value is -2.73. The van der Waals surface area contributed by atoms with Crippen molar-refractivity contribution in [2.45, 2.75) is 13.3 Å². The highest BCUT2D eigenvalue weighted by molar-refractivity contribution is 6.30. The number of hydrogen-bond donors (Lipinski definition) is 1. The highest BCUT2D eigenvalue weighted by Gasteiger charge is 2.28. The van der Waals surface area contributed by atoms with Crippen molar-refractivity contribution in [1.29, 1.82) is 0 Å². The minimum atomic E-state index is -0.480. The third-order valence-electron chi connectivity index (χ3n) is 4.24. The first-order chi connectivity index (χ1) is 13.0. The molecule has 27 heavy (non-hydrogen) atoms. The number of aryl methyl sites for hydroxylation is 1. The van der Waals surface area contributed by atoms with Crippen molar-refractivity contribution in [3.8, 4) is 11.5 Å². The largest absolute Gasteiger partial charge is 0.495 e. The lowest BCUT2D eigenvalue weighted by atomic mass is 9.97. The molecule has 1 aliphatic heterocycles. The summed E-state index contributed by atoms with van der Waals surface area (Å²) in [5, 5.41) is 3.28. The van der Waals surface area contributed by atoms with Crippen LogP contribution in [0, 0.1) is 12.8 Å². The van der Waals surface area contributed by atoms with Crippen molar-refractivity contribution in [3.05, 3.63) is 52.5 Å². The van der Waals surface area contributed by atoms with Crippen LogP contribution in [0.3, 0.4) is 0 Å². The van der Waals surface area contributed by atoms with E-state index < -0.39 is 17.8 Å². The number of ether oxygens (including phenoxy) is 3. The standard InChI is InChI=1S/C20H20ClNO5/c1-12-3-5-18(25-2)16(7-12)22-19(23)11-27-20(24)14-8-13-9-15(21)4-6-17(13)26-10-14/h3-7,9,14H,8,10-11H2,1-2H3,(H,22,23)/t14-/m0/s1. The van der Waals surface area contributed by atoms with E-state index in [0.29, 0.717) is 28.6 Å². The molecule has 3 rings (SSSR count). The Kier molecular flexibility index (Phi) is 5.86. The van der Waals surface area contributed by atoms with E-state index >= 15 is 0 Å². The molecule has 0 radical (unpaired) electrons. The van der Waals surface area contributed by atoms with E-state index in [0.717, 1.165) is 11.1 Å². The van der Waals surface area contributed by atoms with Gasteiger partial charge in [-0.05, 0) is 54.8 Å². The predicted molar refractivity (Wildman–Crippen MR) is 101 cm³/mol. The average molecular weight is 390 g/mol. The highest BCUT2D eigenvalue weighted by atomic mass is 35.5. The lowest BCUT2D eigenvalue weighted by molar-refractivity contribution is -0.152. The molecule has 0 spiro atoms. The number of carbonyl (C=O) groups is 2. The van der Waals surface area contributed by atoms with Crippen LogP contribution in [0.5, 0.6) is 11.5 Å². The van der Waals surface area contributed by atoms with E-state index in [1.807, 2.05) is 13.0 Å². The van der Waals surface area contributed by atoms with Crippen LogP contribution < -0.4 is 14.8 Å². The van der Waals surface area contributed by atoms with Gasteiger partial charge >= 0.3 is 5.97 Å². The minimum absolute atomic E-state index is 0.209. The number of halogens is 1. The van der Waals surface area contributed by atoms with Crippen molar-refractivity contribution in [3.63, 3.8) is 0 Å². The Bertz CT molecular complexity index is 867. The fraction of sp³-hybridized carbons (Fsp3) is 0.300. The first-order valence-corrected chi connectivity index (χ1v) is 8.86. The van der Waals surface area contributed by atoms with Gasteiger partial charge in [0.2, 0.25) is 0 Å². The number of hydrogen-bond acceptors (Lipinski definition) is 5. The maximum atomic E-state index is 12.3. The fourth-order valence-electron chi connectivity index (χ4n) is 2.87. The number of nitrogens with one attached hydrogen (secondary N) is 1. The third kappa shape index (κ3) is 4.71. The summed E-state index contributed by atoms with van der Waals surface area (Å²) in [6.45, 7) is 1.73. The number of fused-ring (bicyclic) bond motifs is 1. The number of anilines is 1. The highest BCUT2D eigenvalue weighted by Crippen LogP contribution is 2.30. The minimum Gasteiger partial charge on any atom is -0.495 e. The molecule has 0 aliphatic carbocycles. The van der Waals surface area contributed by atoms with Gasteiger partial charge in [0.25, 0.3) is 5.91 Å². The van der Waals surface area contributed by atoms with E-state index in [4.69, 9.17) is 25.8 Å². The lowest BCUT2D eigenvalue weighted by Crippen LogP contribution is -2.32. The average Bonchev–Trinajstić information content (AvgIpc) is 2.65. The van der Waals surface area contributed by atoms with Gasteiger partial charge in [-0.25, -0.2) is 0 Å². The van der Waals surface area contributed by atoms with Crippen molar-refractivity contribution < 1.29 is 23.8 Å². The van der Waals surface area contributed by atoms with Gasteiger partial charge in [-0.1, -0.05) is 17.7 Å². The maximum absolute atomic E-state index is 12.3. The van der Waals surface area contributed by atoms with E-state index in [2.05, 4.69) is 5.32 Å². The van der Waals surface area contributed by atoms with Gasteiger partial charge in [0.15, 0.2) is 6.61 Å². The normalized spacial score (nSPS) is 15.3. The second kappa shape index (κ2) is 8.31. The molecule has 2 aromatic carbocycles. The molecule has 6 nitrogen and oxygen atoms in total. The molecule has 1 N–H and O–H groups in total. The van der Waals surface area contributed by atoms with Crippen LogP contribution in [0.4, 0.5) is 5.69 Å². The summed E-state index contributed by atoms with van der Waals surface area (Å²) in [5.74, 6) is -0.140. The lowest BCUT2D eigenvalue weighted by Gasteiger charge is -2.24. The molecule has 0 unspecified atom stereocenters. The van der Waals surface area contributed by atoms with Crippen LogP contribution in [-0.2, 0) is 20.7 Å². The van der Waals surface area contributed by atoms with Crippen molar-refractivity contribution in [1.82, 2.24) is 0 Å². The number of esters is 1. The molecule has 0 saturated carbocycles.